The summed E-state index contributed by atoms with van der Waals surface area (Å²) in [7, 11) is 0. The van der Waals surface area contributed by atoms with Crippen molar-refractivity contribution < 1.29 is 0 Å². The van der Waals surface area contributed by atoms with Crippen LogP contribution in [-0.2, 0) is 6.42 Å². The lowest BCUT2D eigenvalue weighted by Gasteiger charge is -2.12. The number of nitrogens with one attached hydrogen (secondary N) is 2. The van der Waals surface area contributed by atoms with E-state index in [1.165, 1.54) is 44.9 Å². The van der Waals surface area contributed by atoms with Crippen LogP contribution in [0.4, 0.5) is 0 Å². The summed E-state index contributed by atoms with van der Waals surface area (Å²) in [6, 6.07) is 5.98. The number of fused-ring (bicyclic) bond motifs is 1. The topological polar surface area (TPSA) is 66.6 Å². The number of pyridine rings is 1. The first-order chi connectivity index (χ1) is 13.4. The maximum Gasteiger partial charge on any atom is 0.191 e. The third-order valence-electron chi connectivity index (χ3n) is 5.36. The third-order valence-corrected chi connectivity index (χ3v) is 5.36. The highest BCUT2D eigenvalue weighted by Crippen LogP contribution is 2.28. The zero-order chi connectivity index (χ0) is 18.7. The van der Waals surface area contributed by atoms with E-state index in [9.17, 15) is 0 Å². The van der Waals surface area contributed by atoms with Gasteiger partial charge >= 0.3 is 0 Å². The second-order valence-corrected chi connectivity index (χ2v) is 7.48. The summed E-state index contributed by atoms with van der Waals surface area (Å²) >= 11 is 0. The largest absolute Gasteiger partial charge is 0.357 e. The van der Waals surface area contributed by atoms with E-state index in [0.717, 1.165) is 55.8 Å². The van der Waals surface area contributed by atoms with Crippen LogP contribution in [0, 0.1) is 5.92 Å². The highest BCUT2D eigenvalue weighted by atomic mass is 127. The normalized spacial score (nSPS) is 15.0. The number of guanidine groups is 1. The molecule has 2 N–H and O–H groups in total. The van der Waals surface area contributed by atoms with Crippen LogP contribution in [0.2, 0.25) is 0 Å². The Morgan fingerprint density at radius 3 is 2.82 bits per heavy atom. The van der Waals surface area contributed by atoms with Crippen molar-refractivity contribution in [3.8, 4) is 0 Å². The molecule has 156 valence electrons. The van der Waals surface area contributed by atoms with Crippen molar-refractivity contribution in [3.05, 3.63) is 30.2 Å². The Bertz CT molecular complexity index is 708. The summed E-state index contributed by atoms with van der Waals surface area (Å²) < 4.78 is 2.05. The van der Waals surface area contributed by atoms with E-state index in [2.05, 4.69) is 32.2 Å². The molecule has 0 unspecified atom stereocenters. The summed E-state index contributed by atoms with van der Waals surface area (Å²) in [6.07, 6.45) is 13.6. The average Bonchev–Trinajstić information content (AvgIpc) is 3.35. The van der Waals surface area contributed by atoms with Crippen LogP contribution in [0.1, 0.15) is 64.1 Å². The standard InChI is InChI=1S/C21H34N6.HI/c1-2-22-21(23-15-7-5-12-18-10-3-4-11-18)24-16-9-14-20-26-25-19-13-6-8-17-27(19)20;/h6,8,13,17-18H,2-5,7,9-12,14-16H2,1H3,(H2,22,23,24);1H. The molecular formula is C21H35IN6. The first-order valence-electron chi connectivity index (χ1n) is 10.7. The number of hydrogen-bond donors (Lipinski definition) is 2. The fourth-order valence-electron chi connectivity index (χ4n) is 3.90. The van der Waals surface area contributed by atoms with Gasteiger partial charge in [-0.3, -0.25) is 9.39 Å². The lowest BCUT2D eigenvalue weighted by molar-refractivity contribution is 0.472. The van der Waals surface area contributed by atoms with Gasteiger partial charge in [-0.2, -0.15) is 0 Å². The smallest absolute Gasteiger partial charge is 0.191 e. The Labute approximate surface area is 186 Å². The Kier molecular flexibility index (Phi) is 10.6. The van der Waals surface area contributed by atoms with Crippen molar-refractivity contribution in [2.45, 2.75) is 64.7 Å². The third kappa shape index (κ3) is 7.22. The number of aromatic nitrogens is 3. The van der Waals surface area contributed by atoms with Crippen molar-refractivity contribution in [2.75, 3.05) is 19.6 Å². The van der Waals surface area contributed by atoms with Crippen molar-refractivity contribution in [2.24, 2.45) is 10.9 Å². The molecule has 1 aliphatic carbocycles. The molecule has 0 spiro atoms. The van der Waals surface area contributed by atoms with Crippen LogP contribution in [0.15, 0.2) is 29.4 Å². The number of hydrogen-bond acceptors (Lipinski definition) is 3. The maximum absolute atomic E-state index is 4.71. The molecule has 1 aliphatic rings. The summed E-state index contributed by atoms with van der Waals surface area (Å²) in [4.78, 5) is 4.71. The minimum atomic E-state index is 0. The van der Waals surface area contributed by atoms with Crippen LogP contribution in [0.5, 0.6) is 0 Å². The van der Waals surface area contributed by atoms with Crippen LogP contribution in [-0.4, -0.2) is 40.2 Å². The molecular weight excluding hydrogens is 463 g/mol. The van der Waals surface area contributed by atoms with Gasteiger partial charge in [-0.1, -0.05) is 44.6 Å². The maximum atomic E-state index is 4.71. The summed E-state index contributed by atoms with van der Waals surface area (Å²) in [5.41, 5.74) is 0.906. The van der Waals surface area contributed by atoms with Gasteiger partial charge < -0.3 is 10.6 Å². The monoisotopic (exact) mass is 498 g/mol. The van der Waals surface area contributed by atoms with E-state index in [-0.39, 0.29) is 24.0 Å². The molecule has 3 rings (SSSR count). The molecule has 6 nitrogen and oxygen atoms in total. The molecule has 0 aromatic carbocycles. The lowest BCUT2D eigenvalue weighted by Crippen LogP contribution is -2.37. The molecule has 0 atom stereocenters. The molecule has 0 amide bonds. The van der Waals surface area contributed by atoms with E-state index in [1.807, 2.05) is 24.4 Å². The number of rotatable bonds is 10. The van der Waals surface area contributed by atoms with Crippen molar-refractivity contribution in [1.82, 2.24) is 25.2 Å². The Morgan fingerprint density at radius 1 is 1.14 bits per heavy atom. The quantitative estimate of drug-likeness (QED) is 0.223. The molecule has 0 saturated heterocycles. The zero-order valence-electron chi connectivity index (χ0n) is 17.1. The van der Waals surface area contributed by atoms with Crippen LogP contribution < -0.4 is 10.6 Å². The Hall–Kier alpha value is -1.38. The molecule has 1 saturated carbocycles. The molecule has 2 aromatic heterocycles. The van der Waals surface area contributed by atoms with E-state index < -0.39 is 0 Å². The number of nitrogens with zero attached hydrogens (tertiary/aromatic N) is 4. The highest BCUT2D eigenvalue weighted by Gasteiger charge is 2.13. The molecule has 28 heavy (non-hydrogen) atoms. The fourth-order valence-corrected chi connectivity index (χ4v) is 3.90. The second-order valence-electron chi connectivity index (χ2n) is 7.48. The van der Waals surface area contributed by atoms with Gasteiger partial charge in [0, 0.05) is 32.3 Å². The van der Waals surface area contributed by atoms with Crippen LogP contribution in [0.3, 0.4) is 0 Å². The number of aryl methyl sites for hydroxylation is 1. The Balaban J connectivity index is 0.00000280. The van der Waals surface area contributed by atoms with Crippen molar-refractivity contribution >= 4 is 35.6 Å². The summed E-state index contributed by atoms with van der Waals surface area (Å²) in [6.45, 7) is 4.80. The van der Waals surface area contributed by atoms with Gasteiger partial charge in [0.1, 0.15) is 5.82 Å². The van der Waals surface area contributed by atoms with E-state index in [1.54, 1.807) is 0 Å². The van der Waals surface area contributed by atoms with E-state index >= 15 is 0 Å². The van der Waals surface area contributed by atoms with Crippen LogP contribution in [0.25, 0.3) is 5.65 Å². The SMILES string of the molecule is CCNC(=NCCCc1nnc2ccccn12)NCCCCC1CCCC1.I. The number of halogens is 1. The van der Waals surface area contributed by atoms with Gasteiger partial charge in [0.15, 0.2) is 11.6 Å². The number of unbranched alkanes of at least 4 members (excludes halogenated alkanes) is 1. The molecule has 7 heteroatoms. The van der Waals surface area contributed by atoms with E-state index in [0.29, 0.717) is 0 Å². The van der Waals surface area contributed by atoms with Gasteiger partial charge in [-0.15, -0.1) is 34.2 Å². The lowest BCUT2D eigenvalue weighted by atomic mass is 10.0. The van der Waals surface area contributed by atoms with Crippen LogP contribution >= 0.6 is 24.0 Å². The Morgan fingerprint density at radius 2 is 2.00 bits per heavy atom. The second kappa shape index (κ2) is 13.0. The predicted molar refractivity (Wildman–Crippen MR) is 127 cm³/mol. The van der Waals surface area contributed by atoms with Gasteiger partial charge in [-0.05, 0) is 37.8 Å². The molecule has 2 aromatic rings. The van der Waals surface area contributed by atoms with Gasteiger partial charge in [0.25, 0.3) is 0 Å². The average molecular weight is 498 g/mol. The van der Waals surface area contributed by atoms with Gasteiger partial charge in [0.05, 0.1) is 0 Å². The first kappa shape index (κ1) is 22.9. The molecule has 2 heterocycles. The van der Waals surface area contributed by atoms with Crippen molar-refractivity contribution in [1.29, 1.82) is 0 Å². The number of aliphatic imine (C=N–C) groups is 1. The highest BCUT2D eigenvalue weighted by molar-refractivity contribution is 14.0. The summed E-state index contributed by atoms with van der Waals surface area (Å²) in [5, 5.41) is 15.3. The minimum absolute atomic E-state index is 0. The fraction of sp³-hybridized carbons (Fsp3) is 0.667. The van der Waals surface area contributed by atoms with E-state index in [4.69, 9.17) is 4.99 Å². The van der Waals surface area contributed by atoms with Gasteiger partial charge in [0.2, 0.25) is 0 Å². The van der Waals surface area contributed by atoms with Gasteiger partial charge in [-0.25, -0.2) is 0 Å². The van der Waals surface area contributed by atoms with Crippen molar-refractivity contribution in [3.63, 3.8) is 0 Å². The molecule has 0 radical (unpaired) electrons. The molecule has 0 bridgehead atoms. The minimum Gasteiger partial charge on any atom is -0.357 e. The summed E-state index contributed by atoms with van der Waals surface area (Å²) in [5.74, 6) is 2.94. The molecule has 1 fully saturated rings. The first-order valence-corrected chi connectivity index (χ1v) is 10.7. The molecule has 0 aliphatic heterocycles. The zero-order valence-corrected chi connectivity index (χ0v) is 19.4. The predicted octanol–water partition coefficient (Wildman–Crippen LogP) is 4.20.